The number of nitrogens with zero attached hydrogens (tertiary/aromatic N) is 1. The van der Waals surface area contributed by atoms with Crippen LogP contribution in [0.4, 0.5) is 14.5 Å². The summed E-state index contributed by atoms with van der Waals surface area (Å²) in [4.78, 5) is 1.46. The van der Waals surface area contributed by atoms with Crippen LogP contribution in [-0.4, -0.2) is 31.2 Å². The normalized spacial score (nSPS) is 12.8. The van der Waals surface area contributed by atoms with Crippen molar-refractivity contribution < 1.29 is 13.9 Å². The van der Waals surface area contributed by atoms with Gasteiger partial charge in [-0.05, 0) is 18.6 Å². The quantitative estimate of drug-likeness (QED) is 0.801. The first kappa shape index (κ1) is 13.9. The van der Waals surface area contributed by atoms with Crippen molar-refractivity contribution in [3.05, 3.63) is 29.8 Å². The summed E-state index contributed by atoms with van der Waals surface area (Å²) in [7, 11) is 0. The number of alkyl halides is 2. The highest BCUT2D eigenvalue weighted by atomic mass is 19.3. The number of hydrogen-bond acceptors (Lipinski definition) is 3. The van der Waals surface area contributed by atoms with Gasteiger partial charge in [0.15, 0.2) is 0 Å². The van der Waals surface area contributed by atoms with E-state index in [9.17, 15) is 8.78 Å². The van der Waals surface area contributed by atoms with Gasteiger partial charge in [0.25, 0.3) is 6.43 Å². The Hall–Kier alpha value is -1.20. The fourth-order valence-electron chi connectivity index (χ4n) is 1.76. The van der Waals surface area contributed by atoms with Crippen molar-refractivity contribution in [3.63, 3.8) is 0 Å². The van der Waals surface area contributed by atoms with Crippen molar-refractivity contribution in [3.8, 4) is 0 Å². The Kier molecular flexibility index (Phi) is 5.31. The fourth-order valence-corrected chi connectivity index (χ4v) is 1.76. The molecule has 1 unspecified atom stereocenters. The molecule has 5 heteroatoms. The van der Waals surface area contributed by atoms with E-state index in [1.54, 1.807) is 19.1 Å². The minimum absolute atomic E-state index is 0.167. The molecule has 17 heavy (non-hydrogen) atoms. The van der Waals surface area contributed by atoms with Gasteiger partial charge in [-0.2, -0.15) is 0 Å². The monoisotopic (exact) mass is 244 g/mol. The van der Waals surface area contributed by atoms with Crippen LogP contribution in [0.5, 0.6) is 0 Å². The molecule has 0 aliphatic carbocycles. The highest BCUT2D eigenvalue weighted by Gasteiger charge is 2.16. The largest absolute Gasteiger partial charge is 0.395 e. The van der Waals surface area contributed by atoms with Gasteiger partial charge in [0.1, 0.15) is 0 Å². The van der Waals surface area contributed by atoms with Gasteiger partial charge in [-0.3, -0.25) is 0 Å². The molecule has 0 amide bonds. The van der Waals surface area contributed by atoms with Gasteiger partial charge >= 0.3 is 0 Å². The summed E-state index contributed by atoms with van der Waals surface area (Å²) in [5, 5.41) is 8.92. The zero-order chi connectivity index (χ0) is 12.8. The first-order valence-electron chi connectivity index (χ1n) is 5.54. The molecule has 0 radical (unpaired) electrons. The van der Waals surface area contributed by atoms with E-state index in [1.807, 2.05) is 12.1 Å². The molecule has 1 aromatic carbocycles. The van der Waals surface area contributed by atoms with Crippen molar-refractivity contribution in [1.29, 1.82) is 0 Å². The van der Waals surface area contributed by atoms with Gasteiger partial charge < -0.3 is 15.7 Å². The number of anilines is 1. The third-order valence-corrected chi connectivity index (χ3v) is 2.50. The molecule has 0 bridgehead atoms. The molecule has 0 fully saturated rings. The molecule has 0 aliphatic heterocycles. The lowest BCUT2D eigenvalue weighted by molar-refractivity contribution is 0.152. The zero-order valence-electron chi connectivity index (χ0n) is 9.81. The summed E-state index contributed by atoms with van der Waals surface area (Å²) in [5.41, 5.74) is 7.27. The lowest BCUT2D eigenvalue weighted by atomic mass is 10.1. The number of aliphatic hydroxyl groups excluding tert-OH is 1. The molecule has 1 rings (SSSR count). The van der Waals surface area contributed by atoms with E-state index < -0.39 is 13.0 Å². The molecule has 0 aliphatic rings. The standard InChI is InChI=1S/C12H18F2N2O/c1-9(15)10-4-2-3-5-11(10)16(6-7-17)8-12(13)14/h2-5,9,12,17H,6-8,15H2,1H3. The van der Waals surface area contributed by atoms with Crippen LogP contribution in [0.1, 0.15) is 18.5 Å². The van der Waals surface area contributed by atoms with Gasteiger partial charge in [0.2, 0.25) is 0 Å². The predicted octanol–water partition coefficient (Wildman–Crippen LogP) is 1.77. The highest BCUT2D eigenvalue weighted by Crippen LogP contribution is 2.25. The van der Waals surface area contributed by atoms with Crippen molar-refractivity contribution in [2.75, 3.05) is 24.6 Å². The van der Waals surface area contributed by atoms with Crippen LogP contribution in [0.15, 0.2) is 24.3 Å². The van der Waals surface area contributed by atoms with E-state index in [2.05, 4.69) is 0 Å². The lowest BCUT2D eigenvalue weighted by Crippen LogP contribution is -2.32. The summed E-state index contributed by atoms with van der Waals surface area (Å²) in [5.74, 6) is 0. The summed E-state index contributed by atoms with van der Waals surface area (Å²) >= 11 is 0. The maximum atomic E-state index is 12.5. The lowest BCUT2D eigenvalue weighted by Gasteiger charge is -2.27. The molecule has 0 saturated heterocycles. The van der Waals surface area contributed by atoms with Crippen molar-refractivity contribution in [2.45, 2.75) is 19.4 Å². The van der Waals surface area contributed by atoms with Crippen molar-refractivity contribution in [1.82, 2.24) is 0 Å². The van der Waals surface area contributed by atoms with Gasteiger partial charge in [-0.1, -0.05) is 18.2 Å². The van der Waals surface area contributed by atoms with Gasteiger partial charge in [0, 0.05) is 18.3 Å². The van der Waals surface area contributed by atoms with E-state index in [4.69, 9.17) is 10.8 Å². The third-order valence-electron chi connectivity index (χ3n) is 2.50. The van der Waals surface area contributed by atoms with Crippen LogP contribution in [0.3, 0.4) is 0 Å². The van der Waals surface area contributed by atoms with E-state index in [0.717, 1.165) is 5.56 Å². The van der Waals surface area contributed by atoms with Crippen LogP contribution in [0, 0.1) is 0 Å². The number of para-hydroxylation sites is 1. The smallest absolute Gasteiger partial charge is 0.255 e. The van der Waals surface area contributed by atoms with Crippen LogP contribution >= 0.6 is 0 Å². The molecule has 96 valence electrons. The Bertz CT molecular complexity index is 345. The van der Waals surface area contributed by atoms with Crippen LogP contribution in [-0.2, 0) is 0 Å². The van der Waals surface area contributed by atoms with Crippen molar-refractivity contribution >= 4 is 5.69 Å². The zero-order valence-corrected chi connectivity index (χ0v) is 9.81. The van der Waals surface area contributed by atoms with Crippen LogP contribution in [0.2, 0.25) is 0 Å². The molecule has 3 nitrogen and oxygen atoms in total. The van der Waals surface area contributed by atoms with E-state index in [1.165, 1.54) is 4.90 Å². The summed E-state index contributed by atoms with van der Waals surface area (Å²) in [6, 6.07) is 6.93. The average Bonchev–Trinajstić information content (AvgIpc) is 2.28. The molecule has 1 atom stereocenters. The SMILES string of the molecule is CC(N)c1ccccc1N(CCO)CC(F)F. The number of halogens is 2. The number of nitrogens with two attached hydrogens (primary N) is 1. The summed E-state index contributed by atoms with van der Waals surface area (Å²) in [6.07, 6.45) is -2.44. The van der Waals surface area contributed by atoms with E-state index >= 15 is 0 Å². The van der Waals surface area contributed by atoms with Crippen molar-refractivity contribution in [2.24, 2.45) is 5.73 Å². The minimum Gasteiger partial charge on any atom is -0.395 e. The number of hydrogen-bond donors (Lipinski definition) is 2. The van der Waals surface area contributed by atoms with E-state index in [-0.39, 0.29) is 19.2 Å². The van der Waals surface area contributed by atoms with Crippen LogP contribution < -0.4 is 10.6 Å². The molecule has 1 aromatic rings. The Morgan fingerprint density at radius 2 is 2.00 bits per heavy atom. The predicted molar refractivity (Wildman–Crippen MR) is 64.3 cm³/mol. The molecule has 3 N–H and O–H groups in total. The molecular weight excluding hydrogens is 226 g/mol. The molecule has 0 aromatic heterocycles. The molecule has 0 spiro atoms. The highest BCUT2D eigenvalue weighted by molar-refractivity contribution is 5.55. The maximum absolute atomic E-state index is 12.5. The van der Waals surface area contributed by atoms with Gasteiger partial charge in [0.05, 0.1) is 13.2 Å². The topological polar surface area (TPSA) is 49.5 Å². The Morgan fingerprint density at radius 1 is 1.35 bits per heavy atom. The maximum Gasteiger partial charge on any atom is 0.255 e. The second kappa shape index (κ2) is 6.51. The second-order valence-electron chi connectivity index (χ2n) is 3.91. The number of rotatable bonds is 6. The Labute approximate surface area is 99.8 Å². The van der Waals surface area contributed by atoms with E-state index in [0.29, 0.717) is 5.69 Å². The van der Waals surface area contributed by atoms with Gasteiger partial charge in [-0.25, -0.2) is 8.78 Å². The molecule has 0 saturated carbocycles. The van der Waals surface area contributed by atoms with Gasteiger partial charge in [-0.15, -0.1) is 0 Å². The third kappa shape index (κ3) is 3.94. The summed E-state index contributed by atoms with van der Waals surface area (Å²) in [6.45, 7) is 1.41. The second-order valence-corrected chi connectivity index (χ2v) is 3.91. The van der Waals surface area contributed by atoms with Crippen LogP contribution in [0.25, 0.3) is 0 Å². The molecular formula is C12H18F2N2O. The number of aliphatic hydroxyl groups is 1. The average molecular weight is 244 g/mol. The molecule has 0 heterocycles. The number of benzene rings is 1. The first-order chi connectivity index (χ1) is 8.06. The first-order valence-corrected chi connectivity index (χ1v) is 5.54. The summed E-state index contributed by atoms with van der Waals surface area (Å²) < 4.78 is 24.9. The fraction of sp³-hybridized carbons (Fsp3) is 0.500. The minimum atomic E-state index is -2.44. The Morgan fingerprint density at radius 3 is 2.53 bits per heavy atom. The Balaban J connectivity index is 2.99.